The Morgan fingerprint density at radius 1 is 0.727 bits per heavy atom. The molecule has 0 fully saturated rings. The van der Waals surface area contributed by atoms with Gasteiger partial charge in [-0.2, -0.15) is 0 Å². The van der Waals surface area contributed by atoms with Crippen LogP contribution in [0.4, 0.5) is 0 Å². The first-order valence-corrected chi connectivity index (χ1v) is 7.03. The number of nitrogens with two attached hydrogens (primary N) is 1. The lowest BCUT2D eigenvalue weighted by molar-refractivity contribution is 0.0846. The van der Waals surface area contributed by atoms with Gasteiger partial charge in [0, 0.05) is 21.2 Å². The van der Waals surface area contributed by atoms with Gasteiger partial charge in [0.1, 0.15) is 0 Å². The molecule has 6 nitrogen and oxygen atoms in total. The van der Waals surface area contributed by atoms with Crippen LogP contribution in [0.25, 0.3) is 0 Å². The maximum Gasteiger partial charge on any atom is 0.269 e. The Balaban J connectivity index is 1.96. The van der Waals surface area contributed by atoms with E-state index in [1.807, 2.05) is 0 Å². The number of nitrogens with one attached hydrogen (secondary N) is 2. The molecular formula is C15H12BrN3O3. The van der Waals surface area contributed by atoms with E-state index in [1.165, 1.54) is 24.3 Å². The number of halogens is 1. The molecule has 0 saturated heterocycles. The summed E-state index contributed by atoms with van der Waals surface area (Å²) in [6.07, 6.45) is 0. The van der Waals surface area contributed by atoms with E-state index in [4.69, 9.17) is 5.73 Å². The third-order valence-corrected chi connectivity index (χ3v) is 3.36. The van der Waals surface area contributed by atoms with Crippen LogP contribution in [0.2, 0.25) is 0 Å². The predicted molar refractivity (Wildman–Crippen MR) is 84.0 cm³/mol. The predicted octanol–water partition coefficient (Wildman–Crippen LogP) is 1.62. The number of hydrazine groups is 1. The van der Waals surface area contributed by atoms with Crippen LogP contribution >= 0.6 is 15.9 Å². The second-order valence-electron chi connectivity index (χ2n) is 4.36. The molecule has 0 unspecified atom stereocenters. The van der Waals surface area contributed by atoms with Crippen molar-refractivity contribution in [2.24, 2.45) is 5.73 Å². The zero-order valence-corrected chi connectivity index (χ0v) is 12.9. The van der Waals surface area contributed by atoms with Crippen molar-refractivity contribution in [3.8, 4) is 0 Å². The van der Waals surface area contributed by atoms with Crippen LogP contribution in [-0.4, -0.2) is 17.7 Å². The van der Waals surface area contributed by atoms with Gasteiger partial charge in [0.2, 0.25) is 5.91 Å². The van der Waals surface area contributed by atoms with Gasteiger partial charge in [-0.3, -0.25) is 25.2 Å². The van der Waals surface area contributed by atoms with Crippen LogP contribution in [0.5, 0.6) is 0 Å². The van der Waals surface area contributed by atoms with Gasteiger partial charge in [0.05, 0.1) is 0 Å². The Hall–Kier alpha value is -2.67. The molecule has 7 heteroatoms. The molecule has 0 radical (unpaired) electrons. The van der Waals surface area contributed by atoms with E-state index >= 15 is 0 Å². The minimum Gasteiger partial charge on any atom is -0.366 e. The van der Waals surface area contributed by atoms with E-state index in [9.17, 15) is 14.4 Å². The molecule has 0 heterocycles. The number of carbonyl (C=O) groups is 3. The van der Waals surface area contributed by atoms with Crippen LogP contribution in [-0.2, 0) is 0 Å². The average Bonchev–Trinajstić information content (AvgIpc) is 2.53. The zero-order valence-electron chi connectivity index (χ0n) is 11.3. The van der Waals surface area contributed by atoms with Crippen molar-refractivity contribution in [1.82, 2.24) is 10.9 Å². The van der Waals surface area contributed by atoms with Gasteiger partial charge in [0.25, 0.3) is 11.8 Å². The van der Waals surface area contributed by atoms with Crippen molar-refractivity contribution in [3.05, 3.63) is 69.7 Å². The molecule has 0 aromatic heterocycles. The van der Waals surface area contributed by atoms with E-state index in [-0.39, 0.29) is 0 Å². The molecule has 2 rings (SSSR count). The molecule has 0 aliphatic carbocycles. The molecule has 4 N–H and O–H groups in total. The molecule has 0 aliphatic heterocycles. The van der Waals surface area contributed by atoms with Gasteiger partial charge in [-0.1, -0.05) is 15.9 Å². The first kappa shape index (κ1) is 15.7. The van der Waals surface area contributed by atoms with Gasteiger partial charge in [-0.05, 0) is 48.5 Å². The number of carbonyl (C=O) groups excluding carboxylic acids is 3. The van der Waals surface area contributed by atoms with E-state index in [0.29, 0.717) is 16.7 Å². The number of hydrogen-bond acceptors (Lipinski definition) is 3. The zero-order chi connectivity index (χ0) is 16.1. The number of rotatable bonds is 3. The third kappa shape index (κ3) is 3.92. The van der Waals surface area contributed by atoms with Crippen LogP contribution in [0, 0.1) is 0 Å². The molecule has 0 bridgehead atoms. The fourth-order valence-electron chi connectivity index (χ4n) is 1.65. The first-order chi connectivity index (χ1) is 10.5. The lowest BCUT2D eigenvalue weighted by Crippen LogP contribution is -2.41. The van der Waals surface area contributed by atoms with E-state index < -0.39 is 17.7 Å². The maximum absolute atomic E-state index is 11.9. The maximum atomic E-state index is 11.9. The number of hydrogen-bond donors (Lipinski definition) is 3. The lowest BCUT2D eigenvalue weighted by atomic mass is 10.1. The highest BCUT2D eigenvalue weighted by Gasteiger charge is 2.09. The second-order valence-corrected chi connectivity index (χ2v) is 5.27. The summed E-state index contributed by atoms with van der Waals surface area (Å²) >= 11 is 3.27. The quantitative estimate of drug-likeness (QED) is 0.724. The van der Waals surface area contributed by atoms with Gasteiger partial charge in [-0.25, -0.2) is 0 Å². The lowest BCUT2D eigenvalue weighted by Gasteiger charge is -2.07. The van der Waals surface area contributed by atoms with Gasteiger partial charge in [0.15, 0.2) is 0 Å². The minimum absolute atomic E-state index is 0.293. The van der Waals surface area contributed by atoms with E-state index in [2.05, 4.69) is 26.8 Å². The molecule has 0 saturated carbocycles. The minimum atomic E-state index is -0.574. The molecule has 112 valence electrons. The van der Waals surface area contributed by atoms with E-state index in [1.54, 1.807) is 24.3 Å². The van der Waals surface area contributed by atoms with Crippen molar-refractivity contribution >= 4 is 33.7 Å². The van der Waals surface area contributed by atoms with Crippen molar-refractivity contribution < 1.29 is 14.4 Å². The SMILES string of the molecule is NC(=O)c1ccc(C(=O)NNC(=O)c2ccc(Br)cc2)cc1. The van der Waals surface area contributed by atoms with Crippen LogP contribution < -0.4 is 16.6 Å². The molecule has 2 aromatic carbocycles. The fraction of sp³-hybridized carbons (Fsp3) is 0. The highest BCUT2D eigenvalue weighted by molar-refractivity contribution is 9.10. The van der Waals surface area contributed by atoms with E-state index in [0.717, 1.165) is 4.47 Å². The molecule has 0 spiro atoms. The monoisotopic (exact) mass is 361 g/mol. The largest absolute Gasteiger partial charge is 0.366 e. The smallest absolute Gasteiger partial charge is 0.269 e. The Bertz CT molecular complexity index is 712. The molecule has 0 atom stereocenters. The summed E-state index contributed by atoms with van der Waals surface area (Å²) in [5, 5.41) is 0. The first-order valence-electron chi connectivity index (χ1n) is 6.23. The van der Waals surface area contributed by atoms with Crippen molar-refractivity contribution in [1.29, 1.82) is 0 Å². The van der Waals surface area contributed by atoms with Gasteiger partial charge >= 0.3 is 0 Å². The van der Waals surface area contributed by atoms with Gasteiger partial charge in [-0.15, -0.1) is 0 Å². The number of benzene rings is 2. The van der Waals surface area contributed by atoms with Gasteiger partial charge < -0.3 is 5.73 Å². The number of amides is 3. The highest BCUT2D eigenvalue weighted by atomic mass is 79.9. The van der Waals surface area contributed by atoms with Crippen LogP contribution in [0.15, 0.2) is 53.0 Å². The van der Waals surface area contributed by atoms with Crippen molar-refractivity contribution in [3.63, 3.8) is 0 Å². The third-order valence-electron chi connectivity index (χ3n) is 2.83. The molecule has 2 aromatic rings. The fourth-order valence-corrected chi connectivity index (χ4v) is 1.91. The van der Waals surface area contributed by atoms with Crippen molar-refractivity contribution in [2.45, 2.75) is 0 Å². The molecule has 3 amide bonds. The molecule has 0 aliphatic rings. The Kier molecular flexibility index (Phi) is 4.90. The molecule has 22 heavy (non-hydrogen) atoms. The summed E-state index contributed by atoms with van der Waals surface area (Å²) < 4.78 is 0.850. The second kappa shape index (κ2) is 6.86. The topological polar surface area (TPSA) is 101 Å². The van der Waals surface area contributed by atoms with Crippen molar-refractivity contribution in [2.75, 3.05) is 0 Å². The summed E-state index contributed by atoms with van der Waals surface area (Å²) in [6, 6.07) is 12.4. The van der Waals surface area contributed by atoms with Crippen LogP contribution in [0.3, 0.4) is 0 Å². The average molecular weight is 362 g/mol. The summed E-state index contributed by atoms with van der Waals surface area (Å²) in [4.78, 5) is 34.6. The summed E-state index contributed by atoms with van der Waals surface area (Å²) in [7, 11) is 0. The molecular weight excluding hydrogens is 350 g/mol. The summed E-state index contributed by atoms with van der Waals surface area (Å²) in [5.74, 6) is -1.51. The Morgan fingerprint density at radius 3 is 1.50 bits per heavy atom. The standard InChI is InChI=1S/C15H12BrN3O3/c16-12-7-5-11(6-8-12)15(22)19-18-14(21)10-3-1-9(2-4-10)13(17)20/h1-8H,(H2,17,20)(H,18,21)(H,19,22). The highest BCUT2D eigenvalue weighted by Crippen LogP contribution is 2.10. The van der Waals surface area contributed by atoms with Crippen LogP contribution in [0.1, 0.15) is 31.1 Å². The normalized spacial score (nSPS) is 9.86. The Labute approximate surface area is 134 Å². The summed E-state index contributed by atoms with van der Waals surface area (Å²) in [6.45, 7) is 0. The number of primary amides is 1. The Morgan fingerprint density at radius 2 is 1.09 bits per heavy atom. The summed E-state index contributed by atoms with van der Waals surface area (Å²) in [5.41, 5.74) is 10.7.